The second kappa shape index (κ2) is 4.40. The van der Waals surface area contributed by atoms with E-state index in [9.17, 15) is 4.79 Å². The summed E-state index contributed by atoms with van der Waals surface area (Å²) in [5.74, 6) is 0.254. The molecule has 1 amide bonds. The summed E-state index contributed by atoms with van der Waals surface area (Å²) in [5.41, 5.74) is 7.29. The summed E-state index contributed by atoms with van der Waals surface area (Å²) in [7, 11) is 1.89. The number of nitrogens with two attached hydrogens (primary N) is 1. The first kappa shape index (κ1) is 12.0. The number of benzene rings is 1. The van der Waals surface area contributed by atoms with Crippen LogP contribution in [0.1, 0.15) is 31.7 Å². The van der Waals surface area contributed by atoms with E-state index in [0.717, 1.165) is 37.1 Å². The molecule has 3 heteroatoms. The Labute approximate surface area is 103 Å². The van der Waals surface area contributed by atoms with Crippen LogP contribution in [0, 0.1) is 0 Å². The Morgan fingerprint density at radius 3 is 2.41 bits per heavy atom. The van der Waals surface area contributed by atoms with Gasteiger partial charge in [-0.1, -0.05) is 19.1 Å². The molecule has 1 aliphatic carbocycles. The van der Waals surface area contributed by atoms with Crippen molar-refractivity contribution in [3.8, 4) is 0 Å². The summed E-state index contributed by atoms with van der Waals surface area (Å²) in [6.07, 6.45) is 2.92. The molecule has 1 aromatic carbocycles. The van der Waals surface area contributed by atoms with Gasteiger partial charge in [-0.2, -0.15) is 0 Å². The van der Waals surface area contributed by atoms with E-state index in [0.29, 0.717) is 0 Å². The van der Waals surface area contributed by atoms with Crippen LogP contribution in [0.15, 0.2) is 24.3 Å². The molecule has 0 bridgehead atoms. The van der Waals surface area contributed by atoms with Crippen LogP contribution in [0.5, 0.6) is 0 Å². The topological polar surface area (TPSA) is 46.3 Å². The Kier molecular flexibility index (Phi) is 3.09. The quantitative estimate of drug-likeness (QED) is 0.809. The van der Waals surface area contributed by atoms with Crippen molar-refractivity contribution in [1.29, 1.82) is 0 Å². The lowest BCUT2D eigenvalue weighted by atomic mass is 9.94. The zero-order valence-electron chi connectivity index (χ0n) is 10.6. The number of carbonyl (C=O) groups excluding carboxylic acids is 1. The highest BCUT2D eigenvalue weighted by molar-refractivity contribution is 5.91. The van der Waals surface area contributed by atoms with Crippen LogP contribution >= 0.6 is 0 Å². The Bertz CT molecular complexity index is 407. The molecule has 1 fully saturated rings. The normalized spacial score (nSPS) is 16.6. The lowest BCUT2D eigenvalue weighted by molar-refractivity contribution is -0.132. The van der Waals surface area contributed by atoms with Crippen molar-refractivity contribution in [3.05, 3.63) is 29.8 Å². The zero-order valence-corrected chi connectivity index (χ0v) is 10.6. The van der Waals surface area contributed by atoms with Gasteiger partial charge in [-0.25, -0.2) is 0 Å². The highest BCUT2D eigenvalue weighted by Crippen LogP contribution is 2.49. The van der Waals surface area contributed by atoms with E-state index in [4.69, 9.17) is 5.73 Å². The van der Waals surface area contributed by atoms with Gasteiger partial charge >= 0.3 is 0 Å². The van der Waals surface area contributed by atoms with Gasteiger partial charge in [-0.3, -0.25) is 4.79 Å². The lowest BCUT2D eigenvalue weighted by Gasteiger charge is -2.23. The highest BCUT2D eigenvalue weighted by Gasteiger charge is 2.52. The number of likely N-dealkylation sites (N-methyl/N-ethyl adjacent to an activating group) is 1. The summed E-state index contributed by atoms with van der Waals surface area (Å²) < 4.78 is 0. The Morgan fingerprint density at radius 1 is 1.35 bits per heavy atom. The van der Waals surface area contributed by atoms with E-state index in [2.05, 4.69) is 6.92 Å². The Morgan fingerprint density at radius 2 is 1.94 bits per heavy atom. The first-order valence-electron chi connectivity index (χ1n) is 6.22. The van der Waals surface area contributed by atoms with Gasteiger partial charge in [0.2, 0.25) is 5.91 Å². The predicted octanol–water partition coefficient (Wildman–Crippen LogP) is 2.17. The molecule has 2 N–H and O–H groups in total. The van der Waals surface area contributed by atoms with Gasteiger partial charge in [-0.15, -0.1) is 0 Å². The molecule has 92 valence electrons. The number of nitrogen functional groups attached to an aromatic ring is 1. The van der Waals surface area contributed by atoms with Crippen LogP contribution in [0.2, 0.25) is 0 Å². The number of hydrogen-bond acceptors (Lipinski definition) is 2. The van der Waals surface area contributed by atoms with Gasteiger partial charge in [0.15, 0.2) is 0 Å². The average molecular weight is 232 g/mol. The van der Waals surface area contributed by atoms with Crippen molar-refractivity contribution < 1.29 is 4.79 Å². The number of amides is 1. The summed E-state index contributed by atoms with van der Waals surface area (Å²) in [4.78, 5) is 14.2. The minimum Gasteiger partial charge on any atom is -0.399 e. The molecule has 3 nitrogen and oxygen atoms in total. The van der Waals surface area contributed by atoms with Crippen LogP contribution in [-0.2, 0) is 10.2 Å². The fourth-order valence-electron chi connectivity index (χ4n) is 2.36. The minimum absolute atomic E-state index is 0.252. The van der Waals surface area contributed by atoms with E-state index >= 15 is 0 Å². The first-order valence-corrected chi connectivity index (χ1v) is 6.22. The molecule has 1 aromatic rings. The Hall–Kier alpha value is -1.51. The van der Waals surface area contributed by atoms with Crippen LogP contribution in [0.25, 0.3) is 0 Å². The zero-order chi connectivity index (χ0) is 12.5. The Balaban J connectivity index is 2.19. The molecule has 2 rings (SSSR count). The SMILES string of the molecule is CCCN(C)C(=O)C1(c2ccc(N)cc2)CC1. The lowest BCUT2D eigenvalue weighted by Crippen LogP contribution is -2.36. The van der Waals surface area contributed by atoms with Crippen molar-refractivity contribution in [2.24, 2.45) is 0 Å². The maximum atomic E-state index is 12.4. The van der Waals surface area contributed by atoms with E-state index in [1.54, 1.807) is 0 Å². The smallest absolute Gasteiger partial charge is 0.232 e. The third-order valence-electron chi connectivity index (χ3n) is 3.53. The van der Waals surface area contributed by atoms with Gasteiger partial charge < -0.3 is 10.6 Å². The number of hydrogen-bond donors (Lipinski definition) is 1. The maximum absolute atomic E-state index is 12.4. The van der Waals surface area contributed by atoms with Gasteiger partial charge in [0.25, 0.3) is 0 Å². The van der Waals surface area contributed by atoms with Crippen LogP contribution in [0.3, 0.4) is 0 Å². The van der Waals surface area contributed by atoms with Gasteiger partial charge in [0.05, 0.1) is 5.41 Å². The molecular formula is C14H20N2O. The monoisotopic (exact) mass is 232 g/mol. The molecule has 1 aliphatic rings. The van der Waals surface area contributed by atoms with Crippen molar-refractivity contribution in [2.45, 2.75) is 31.6 Å². The van der Waals surface area contributed by atoms with Crippen molar-refractivity contribution in [3.63, 3.8) is 0 Å². The van der Waals surface area contributed by atoms with Crippen molar-refractivity contribution in [2.75, 3.05) is 19.3 Å². The van der Waals surface area contributed by atoms with Gasteiger partial charge in [0, 0.05) is 19.3 Å². The van der Waals surface area contributed by atoms with E-state index in [-0.39, 0.29) is 11.3 Å². The summed E-state index contributed by atoms with van der Waals surface area (Å²) in [5, 5.41) is 0. The number of carbonyl (C=O) groups is 1. The average Bonchev–Trinajstić information content (AvgIpc) is 3.10. The fourth-order valence-corrected chi connectivity index (χ4v) is 2.36. The molecule has 0 spiro atoms. The molecular weight excluding hydrogens is 212 g/mol. The predicted molar refractivity (Wildman–Crippen MR) is 69.7 cm³/mol. The molecule has 0 radical (unpaired) electrons. The van der Waals surface area contributed by atoms with Gasteiger partial charge in [-0.05, 0) is 37.0 Å². The number of anilines is 1. The van der Waals surface area contributed by atoms with Crippen LogP contribution in [-0.4, -0.2) is 24.4 Å². The largest absolute Gasteiger partial charge is 0.399 e. The fraction of sp³-hybridized carbons (Fsp3) is 0.500. The standard InChI is InChI=1S/C14H20N2O/c1-3-10-16(2)13(17)14(8-9-14)11-4-6-12(15)7-5-11/h4-7H,3,8-10,15H2,1-2H3. The summed E-state index contributed by atoms with van der Waals surface area (Å²) in [6, 6.07) is 7.73. The molecule has 0 saturated heterocycles. The molecule has 0 atom stereocenters. The van der Waals surface area contributed by atoms with Gasteiger partial charge in [0.1, 0.15) is 0 Å². The number of rotatable bonds is 4. The van der Waals surface area contributed by atoms with Crippen LogP contribution < -0.4 is 5.73 Å². The maximum Gasteiger partial charge on any atom is 0.232 e. The molecule has 0 heterocycles. The van der Waals surface area contributed by atoms with Crippen molar-refractivity contribution in [1.82, 2.24) is 4.90 Å². The summed E-state index contributed by atoms with van der Waals surface area (Å²) >= 11 is 0. The molecule has 0 aliphatic heterocycles. The molecule has 17 heavy (non-hydrogen) atoms. The van der Waals surface area contributed by atoms with Crippen LogP contribution in [0.4, 0.5) is 5.69 Å². The molecule has 0 aromatic heterocycles. The minimum atomic E-state index is -0.252. The molecule has 0 unspecified atom stereocenters. The third kappa shape index (κ3) is 2.14. The number of nitrogens with zero attached hydrogens (tertiary/aromatic N) is 1. The summed E-state index contributed by atoms with van der Waals surface area (Å²) in [6.45, 7) is 2.92. The van der Waals surface area contributed by atoms with E-state index in [1.807, 2.05) is 36.2 Å². The second-order valence-electron chi connectivity index (χ2n) is 4.93. The highest BCUT2D eigenvalue weighted by atomic mass is 16.2. The second-order valence-corrected chi connectivity index (χ2v) is 4.93. The van der Waals surface area contributed by atoms with E-state index < -0.39 is 0 Å². The first-order chi connectivity index (χ1) is 8.10. The van der Waals surface area contributed by atoms with E-state index in [1.165, 1.54) is 0 Å². The molecule has 1 saturated carbocycles. The van der Waals surface area contributed by atoms with Crippen molar-refractivity contribution >= 4 is 11.6 Å². The third-order valence-corrected chi connectivity index (χ3v) is 3.53.